The van der Waals surface area contributed by atoms with Gasteiger partial charge in [-0.2, -0.15) is 0 Å². The van der Waals surface area contributed by atoms with Crippen LogP contribution in [0.4, 0.5) is 5.82 Å². The van der Waals surface area contributed by atoms with Gasteiger partial charge in [0.2, 0.25) is 0 Å². The van der Waals surface area contributed by atoms with E-state index in [0.717, 1.165) is 24.3 Å². The van der Waals surface area contributed by atoms with Gasteiger partial charge in [-0.25, -0.2) is 4.98 Å². The zero-order valence-corrected chi connectivity index (χ0v) is 10.6. The number of aromatic nitrogens is 1. The third-order valence-electron chi connectivity index (χ3n) is 2.98. The van der Waals surface area contributed by atoms with Crippen LogP contribution in [0, 0.1) is 5.41 Å². The Balaban J connectivity index is 2.35. The van der Waals surface area contributed by atoms with Crippen molar-refractivity contribution in [2.24, 2.45) is 5.73 Å². The first-order valence-electron chi connectivity index (χ1n) is 6.14. The quantitative estimate of drug-likeness (QED) is 0.625. The van der Waals surface area contributed by atoms with Gasteiger partial charge in [0, 0.05) is 31.1 Å². The monoisotopic (exact) mass is 242 g/mol. The normalized spacial score (nSPS) is 10.5. The summed E-state index contributed by atoms with van der Waals surface area (Å²) in [6, 6.07) is 10.2. The highest BCUT2D eigenvalue weighted by Crippen LogP contribution is 2.23. The molecule has 0 saturated heterocycles. The summed E-state index contributed by atoms with van der Waals surface area (Å²) in [5.41, 5.74) is 5.42. The van der Waals surface area contributed by atoms with Crippen LogP contribution in [0.15, 0.2) is 36.5 Å². The van der Waals surface area contributed by atoms with Gasteiger partial charge in [-0.05, 0) is 18.4 Å². The van der Waals surface area contributed by atoms with Crippen LogP contribution in [0.25, 0.3) is 10.8 Å². The number of pyridine rings is 1. The molecule has 2 aromatic rings. The first-order chi connectivity index (χ1) is 8.72. The Morgan fingerprint density at radius 3 is 2.83 bits per heavy atom. The summed E-state index contributed by atoms with van der Waals surface area (Å²) in [5.74, 6) is 1.19. The van der Waals surface area contributed by atoms with E-state index in [1.54, 1.807) is 0 Å². The van der Waals surface area contributed by atoms with E-state index in [1.807, 2.05) is 24.4 Å². The van der Waals surface area contributed by atoms with Gasteiger partial charge in [0.25, 0.3) is 0 Å². The SMILES string of the molecule is CCN(CCC(=N)N)c1nccc2ccccc12. The molecular formula is C14H18N4. The molecule has 0 bridgehead atoms. The molecule has 94 valence electrons. The van der Waals surface area contributed by atoms with Gasteiger partial charge in [0.15, 0.2) is 0 Å². The molecule has 0 saturated carbocycles. The standard InChI is InChI=1S/C14H18N4/c1-2-18(10-8-13(15)16)14-12-6-4-3-5-11(12)7-9-17-14/h3-7,9H,2,8,10H2,1H3,(H3,15,16). The maximum Gasteiger partial charge on any atom is 0.136 e. The van der Waals surface area contributed by atoms with E-state index in [1.165, 1.54) is 5.39 Å². The first-order valence-corrected chi connectivity index (χ1v) is 6.14. The lowest BCUT2D eigenvalue weighted by molar-refractivity contribution is 0.819. The minimum Gasteiger partial charge on any atom is -0.388 e. The number of anilines is 1. The Labute approximate surface area is 107 Å². The smallest absolute Gasteiger partial charge is 0.136 e. The number of nitrogens with one attached hydrogen (secondary N) is 1. The summed E-state index contributed by atoms with van der Waals surface area (Å²) >= 11 is 0. The van der Waals surface area contributed by atoms with Crippen molar-refractivity contribution in [3.63, 3.8) is 0 Å². The van der Waals surface area contributed by atoms with Crippen LogP contribution in [-0.4, -0.2) is 23.9 Å². The number of nitrogens with two attached hydrogens (primary N) is 1. The summed E-state index contributed by atoms with van der Waals surface area (Å²) in [4.78, 5) is 6.63. The fourth-order valence-electron chi connectivity index (χ4n) is 2.02. The van der Waals surface area contributed by atoms with Crippen LogP contribution in [0.5, 0.6) is 0 Å². The van der Waals surface area contributed by atoms with Crippen LogP contribution in [0.2, 0.25) is 0 Å². The molecule has 2 rings (SSSR count). The summed E-state index contributed by atoms with van der Waals surface area (Å²) in [6.07, 6.45) is 2.40. The Bertz CT molecular complexity index is 545. The highest BCUT2D eigenvalue weighted by atomic mass is 15.2. The maximum atomic E-state index is 7.32. The second kappa shape index (κ2) is 5.49. The summed E-state index contributed by atoms with van der Waals surface area (Å²) in [6.45, 7) is 3.67. The summed E-state index contributed by atoms with van der Waals surface area (Å²) in [5, 5.41) is 9.65. The minimum atomic E-state index is 0.216. The van der Waals surface area contributed by atoms with Crippen molar-refractivity contribution in [3.8, 4) is 0 Å². The van der Waals surface area contributed by atoms with E-state index in [4.69, 9.17) is 11.1 Å². The third-order valence-corrected chi connectivity index (χ3v) is 2.98. The molecule has 3 N–H and O–H groups in total. The Kier molecular flexibility index (Phi) is 3.77. The van der Waals surface area contributed by atoms with Crippen molar-refractivity contribution in [3.05, 3.63) is 36.5 Å². The molecule has 0 amide bonds. The van der Waals surface area contributed by atoms with E-state index in [9.17, 15) is 0 Å². The lowest BCUT2D eigenvalue weighted by Gasteiger charge is -2.23. The number of fused-ring (bicyclic) bond motifs is 1. The second-order valence-electron chi connectivity index (χ2n) is 4.21. The van der Waals surface area contributed by atoms with Crippen molar-refractivity contribution in [1.82, 2.24) is 4.98 Å². The Morgan fingerprint density at radius 1 is 1.33 bits per heavy atom. The van der Waals surface area contributed by atoms with Crippen molar-refractivity contribution in [2.45, 2.75) is 13.3 Å². The topological polar surface area (TPSA) is 66.0 Å². The third kappa shape index (κ3) is 2.59. The maximum absolute atomic E-state index is 7.32. The average molecular weight is 242 g/mol. The highest BCUT2D eigenvalue weighted by Gasteiger charge is 2.09. The van der Waals surface area contributed by atoms with E-state index < -0.39 is 0 Å². The molecule has 0 aliphatic rings. The molecule has 0 fully saturated rings. The van der Waals surface area contributed by atoms with Crippen molar-refractivity contribution in [1.29, 1.82) is 5.41 Å². The minimum absolute atomic E-state index is 0.216. The number of amidine groups is 1. The van der Waals surface area contributed by atoms with Crippen molar-refractivity contribution in [2.75, 3.05) is 18.0 Å². The fraction of sp³-hybridized carbons (Fsp3) is 0.286. The molecule has 4 nitrogen and oxygen atoms in total. The Morgan fingerprint density at radius 2 is 2.11 bits per heavy atom. The van der Waals surface area contributed by atoms with Gasteiger partial charge >= 0.3 is 0 Å². The van der Waals surface area contributed by atoms with Crippen molar-refractivity contribution >= 4 is 22.4 Å². The molecule has 18 heavy (non-hydrogen) atoms. The highest BCUT2D eigenvalue weighted by molar-refractivity contribution is 5.92. The zero-order valence-electron chi connectivity index (χ0n) is 10.6. The molecule has 0 atom stereocenters. The largest absolute Gasteiger partial charge is 0.388 e. The Hall–Kier alpha value is -2.10. The van der Waals surface area contributed by atoms with E-state index in [2.05, 4.69) is 28.9 Å². The van der Waals surface area contributed by atoms with Crippen LogP contribution >= 0.6 is 0 Å². The predicted octanol–water partition coefficient (Wildman–Crippen LogP) is 2.39. The molecule has 1 aromatic heterocycles. The number of benzene rings is 1. The average Bonchev–Trinajstić information content (AvgIpc) is 2.39. The zero-order chi connectivity index (χ0) is 13.0. The van der Waals surface area contributed by atoms with E-state index >= 15 is 0 Å². The lowest BCUT2D eigenvalue weighted by atomic mass is 10.1. The second-order valence-corrected chi connectivity index (χ2v) is 4.21. The molecular weight excluding hydrogens is 224 g/mol. The van der Waals surface area contributed by atoms with Gasteiger partial charge in [-0.15, -0.1) is 0 Å². The molecule has 0 radical (unpaired) electrons. The number of hydrogen-bond acceptors (Lipinski definition) is 3. The summed E-state index contributed by atoms with van der Waals surface area (Å²) < 4.78 is 0. The van der Waals surface area contributed by atoms with Crippen molar-refractivity contribution < 1.29 is 0 Å². The lowest BCUT2D eigenvalue weighted by Crippen LogP contribution is -2.28. The van der Waals surface area contributed by atoms with Gasteiger partial charge < -0.3 is 10.6 Å². The number of hydrogen-bond donors (Lipinski definition) is 2. The summed E-state index contributed by atoms with van der Waals surface area (Å²) in [7, 11) is 0. The predicted molar refractivity (Wildman–Crippen MR) is 76.2 cm³/mol. The van der Waals surface area contributed by atoms with Crippen LogP contribution in [0.3, 0.4) is 0 Å². The van der Waals surface area contributed by atoms with Gasteiger partial charge in [0.05, 0.1) is 5.84 Å². The van der Waals surface area contributed by atoms with Gasteiger partial charge in [0.1, 0.15) is 5.82 Å². The molecule has 1 heterocycles. The molecule has 0 aliphatic heterocycles. The van der Waals surface area contributed by atoms with Crippen LogP contribution in [-0.2, 0) is 0 Å². The molecule has 1 aromatic carbocycles. The molecule has 0 unspecified atom stereocenters. The number of nitrogens with zero attached hydrogens (tertiary/aromatic N) is 2. The van der Waals surface area contributed by atoms with Gasteiger partial charge in [-0.3, -0.25) is 5.41 Å². The van der Waals surface area contributed by atoms with Gasteiger partial charge in [-0.1, -0.05) is 24.3 Å². The van der Waals surface area contributed by atoms with Crippen LogP contribution in [0.1, 0.15) is 13.3 Å². The molecule has 0 spiro atoms. The fourth-order valence-corrected chi connectivity index (χ4v) is 2.02. The number of rotatable bonds is 5. The first kappa shape index (κ1) is 12.4. The molecule has 4 heteroatoms. The molecule has 0 aliphatic carbocycles. The van der Waals surface area contributed by atoms with E-state index in [0.29, 0.717) is 6.42 Å². The van der Waals surface area contributed by atoms with E-state index in [-0.39, 0.29) is 5.84 Å². The van der Waals surface area contributed by atoms with Crippen LogP contribution < -0.4 is 10.6 Å².